The van der Waals surface area contributed by atoms with Crippen LogP contribution in [0.1, 0.15) is 18.1 Å². The highest BCUT2D eigenvalue weighted by atomic mass is 16.5. The van der Waals surface area contributed by atoms with E-state index < -0.39 is 0 Å². The highest BCUT2D eigenvalue weighted by molar-refractivity contribution is 6.02. The first-order valence-corrected chi connectivity index (χ1v) is 8.01. The van der Waals surface area contributed by atoms with Crippen LogP contribution in [0.4, 0.5) is 11.4 Å². The maximum atomic E-state index is 12.2. The number of hydrogen-bond donors (Lipinski definition) is 2. The molecule has 0 aliphatic carbocycles. The predicted molar refractivity (Wildman–Crippen MR) is 103 cm³/mol. The molecule has 0 fully saturated rings. The van der Waals surface area contributed by atoms with Crippen LogP contribution in [0.2, 0.25) is 0 Å². The van der Waals surface area contributed by atoms with Gasteiger partial charge in [0, 0.05) is 30.4 Å². The van der Waals surface area contributed by atoms with Crippen LogP contribution in [0.3, 0.4) is 0 Å². The van der Waals surface area contributed by atoms with Crippen LogP contribution in [-0.2, 0) is 9.59 Å². The van der Waals surface area contributed by atoms with Gasteiger partial charge in [-0.2, -0.15) is 0 Å². The predicted octanol–water partition coefficient (Wildman–Crippen LogP) is 3.62. The first kappa shape index (κ1) is 19.1. The Morgan fingerprint density at radius 3 is 2.19 bits per heavy atom. The summed E-state index contributed by atoms with van der Waals surface area (Å²) in [6, 6.07) is 10.7. The highest BCUT2D eigenvalue weighted by Gasteiger charge is 2.05. The number of carbonyl (C=O) groups excluding carboxylic acids is 2. The topological polar surface area (TPSA) is 76.7 Å². The number of methoxy groups -OCH3 is 2. The quantitative estimate of drug-likeness (QED) is 0.777. The Morgan fingerprint density at radius 2 is 1.62 bits per heavy atom. The van der Waals surface area contributed by atoms with Crippen LogP contribution in [0.15, 0.2) is 42.5 Å². The van der Waals surface area contributed by atoms with E-state index >= 15 is 0 Å². The molecule has 0 aliphatic heterocycles. The molecule has 2 aromatic rings. The monoisotopic (exact) mass is 354 g/mol. The fourth-order valence-corrected chi connectivity index (χ4v) is 2.31. The second kappa shape index (κ2) is 8.71. The number of hydrogen-bond acceptors (Lipinski definition) is 4. The van der Waals surface area contributed by atoms with Gasteiger partial charge in [-0.05, 0) is 48.4 Å². The lowest BCUT2D eigenvalue weighted by molar-refractivity contribution is -0.114. The minimum absolute atomic E-state index is 0.163. The lowest BCUT2D eigenvalue weighted by atomic mass is 10.1. The molecule has 6 heteroatoms. The average molecular weight is 354 g/mol. The molecule has 0 atom stereocenters. The molecule has 2 N–H and O–H groups in total. The lowest BCUT2D eigenvalue weighted by Crippen LogP contribution is -2.10. The fourth-order valence-electron chi connectivity index (χ4n) is 2.31. The zero-order valence-electron chi connectivity index (χ0n) is 15.3. The summed E-state index contributed by atoms with van der Waals surface area (Å²) in [4.78, 5) is 23.4. The number of amides is 2. The molecule has 0 radical (unpaired) electrons. The van der Waals surface area contributed by atoms with Crippen molar-refractivity contribution in [2.75, 3.05) is 24.9 Å². The first-order chi connectivity index (χ1) is 12.4. The number of ether oxygens (including phenoxy) is 2. The fraction of sp³-hybridized carbons (Fsp3) is 0.200. The molecule has 6 nitrogen and oxygen atoms in total. The summed E-state index contributed by atoms with van der Waals surface area (Å²) < 4.78 is 10.4. The minimum Gasteiger partial charge on any atom is -0.497 e. The maximum Gasteiger partial charge on any atom is 0.248 e. The van der Waals surface area contributed by atoms with E-state index in [1.807, 2.05) is 13.0 Å². The zero-order valence-corrected chi connectivity index (χ0v) is 15.3. The van der Waals surface area contributed by atoms with Gasteiger partial charge in [-0.25, -0.2) is 0 Å². The molecular weight excluding hydrogens is 332 g/mol. The summed E-state index contributed by atoms with van der Waals surface area (Å²) in [7, 11) is 3.14. The lowest BCUT2D eigenvalue weighted by Gasteiger charge is -2.09. The van der Waals surface area contributed by atoms with E-state index in [1.54, 1.807) is 50.6 Å². The zero-order chi connectivity index (χ0) is 19.1. The van der Waals surface area contributed by atoms with E-state index in [2.05, 4.69) is 10.6 Å². The van der Waals surface area contributed by atoms with Crippen LogP contribution in [0.5, 0.6) is 11.5 Å². The molecule has 0 bridgehead atoms. The van der Waals surface area contributed by atoms with E-state index in [4.69, 9.17) is 9.47 Å². The Hall–Kier alpha value is -3.28. The number of rotatable bonds is 6. The summed E-state index contributed by atoms with van der Waals surface area (Å²) in [5.41, 5.74) is 2.95. The van der Waals surface area contributed by atoms with E-state index in [0.717, 1.165) is 11.1 Å². The molecule has 26 heavy (non-hydrogen) atoms. The number of benzene rings is 2. The summed E-state index contributed by atoms with van der Waals surface area (Å²) in [6.45, 7) is 3.32. The van der Waals surface area contributed by atoms with E-state index in [1.165, 1.54) is 13.0 Å². The Kier molecular flexibility index (Phi) is 6.38. The van der Waals surface area contributed by atoms with Crippen molar-refractivity contribution in [3.63, 3.8) is 0 Å². The SMILES string of the molecule is COc1cc(/C=C/C(=O)Nc2ccc(C)c(NC(C)=O)c2)cc(OC)c1. The Labute approximate surface area is 152 Å². The Bertz CT molecular complexity index is 821. The van der Waals surface area contributed by atoms with Crippen molar-refractivity contribution in [1.29, 1.82) is 0 Å². The third-order valence-electron chi connectivity index (χ3n) is 3.62. The van der Waals surface area contributed by atoms with E-state index in [0.29, 0.717) is 22.9 Å². The summed E-state index contributed by atoms with van der Waals surface area (Å²) in [5, 5.41) is 5.50. The molecule has 2 aromatic carbocycles. The van der Waals surface area contributed by atoms with Crippen LogP contribution < -0.4 is 20.1 Å². The van der Waals surface area contributed by atoms with E-state index in [9.17, 15) is 9.59 Å². The molecule has 0 saturated carbocycles. The van der Waals surface area contributed by atoms with Gasteiger partial charge in [-0.3, -0.25) is 9.59 Å². The maximum absolute atomic E-state index is 12.2. The van der Waals surface area contributed by atoms with Crippen LogP contribution in [0, 0.1) is 6.92 Å². The molecule has 0 saturated heterocycles. The van der Waals surface area contributed by atoms with Gasteiger partial charge in [0.1, 0.15) is 11.5 Å². The van der Waals surface area contributed by atoms with Gasteiger partial charge in [0.15, 0.2) is 0 Å². The standard InChI is InChI=1S/C20H22N2O4/c1-13-5-7-16(11-19(13)21-14(2)23)22-20(24)8-6-15-9-17(25-3)12-18(10-15)26-4/h5-12H,1-4H3,(H,21,23)(H,22,24)/b8-6+. The average Bonchev–Trinajstić information content (AvgIpc) is 2.62. The second-order valence-corrected chi connectivity index (χ2v) is 5.68. The summed E-state index contributed by atoms with van der Waals surface area (Å²) in [6.07, 6.45) is 3.09. The minimum atomic E-state index is -0.288. The van der Waals surface area contributed by atoms with Gasteiger partial charge in [-0.15, -0.1) is 0 Å². The van der Waals surface area contributed by atoms with Gasteiger partial charge in [0.25, 0.3) is 0 Å². The van der Waals surface area contributed by atoms with Gasteiger partial charge in [0.05, 0.1) is 14.2 Å². The van der Waals surface area contributed by atoms with E-state index in [-0.39, 0.29) is 11.8 Å². The largest absolute Gasteiger partial charge is 0.497 e. The molecule has 0 unspecified atom stereocenters. The van der Waals surface area contributed by atoms with Crippen LogP contribution in [0.25, 0.3) is 6.08 Å². The Balaban J connectivity index is 2.11. The van der Waals surface area contributed by atoms with Crippen molar-refractivity contribution < 1.29 is 19.1 Å². The van der Waals surface area contributed by atoms with Gasteiger partial charge < -0.3 is 20.1 Å². The van der Waals surface area contributed by atoms with Gasteiger partial charge in [0.2, 0.25) is 11.8 Å². The smallest absolute Gasteiger partial charge is 0.248 e. The molecule has 0 spiro atoms. The van der Waals surface area contributed by atoms with Crippen molar-refractivity contribution in [2.24, 2.45) is 0 Å². The van der Waals surface area contributed by atoms with Crippen molar-refractivity contribution in [3.8, 4) is 11.5 Å². The highest BCUT2D eigenvalue weighted by Crippen LogP contribution is 2.23. The number of anilines is 2. The number of nitrogens with one attached hydrogen (secondary N) is 2. The molecular formula is C20H22N2O4. The van der Waals surface area contributed by atoms with Crippen LogP contribution in [-0.4, -0.2) is 26.0 Å². The molecule has 0 heterocycles. The normalized spacial score (nSPS) is 10.5. The van der Waals surface area contributed by atoms with Crippen molar-refractivity contribution >= 4 is 29.3 Å². The molecule has 2 rings (SSSR count). The van der Waals surface area contributed by atoms with Crippen molar-refractivity contribution in [1.82, 2.24) is 0 Å². The van der Waals surface area contributed by atoms with Crippen molar-refractivity contribution in [2.45, 2.75) is 13.8 Å². The molecule has 0 aliphatic rings. The molecule has 136 valence electrons. The number of carbonyl (C=O) groups is 2. The van der Waals surface area contributed by atoms with Gasteiger partial charge in [-0.1, -0.05) is 6.07 Å². The third kappa shape index (κ3) is 5.37. The molecule has 2 amide bonds. The number of aryl methyl sites for hydroxylation is 1. The van der Waals surface area contributed by atoms with Gasteiger partial charge >= 0.3 is 0 Å². The Morgan fingerprint density at radius 1 is 0.962 bits per heavy atom. The third-order valence-corrected chi connectivity index (χ3v) is 3.62. The van der Waals surface area contributed by atoms with Crippen molar-refractivity contribution in [3.05, 3.63) is 53.6 Å². The van der Waals surface area contributed by atoms with Crippen LogP contribution >= 0.6 is 0 Å². The first-order valence-electron chi connectivity index (χ1n) is 8.01. The summed E-state index contributed by atoms with van der Waals surface area (Å²) >= 11 is 0. The summed E-state index contributed by atoms with van der Waals surface area (Å²) in [5.74, 6) is 0.832. The molecule has 0 aromatic heterocycles. The second-order valence-electron chi connectivity index (χ2n) is 5.68.